The van der Waals surface area contributed by atoms with Crippen molar-refractivity contribution in [2.24, 2.45) is 0 Å². The molecule has 0 aliphatic heterocycles. The van der Waals surface area contributed by atoms with Gasteiger partial charge in [0.05, 0.1) is 6.26 Å². The molecular formula is C11H10O. The zero-order chi connectivity index (χ0) is 7.97. The minimum absolute atomic E-state index is 0.786. The Kier molecular flexibility index (Phi) is 1.12. The van der Waals surface area contributed by atoms with Crippen molar-refractivity contribution >= 4 is 11.0 Å². The van der Waals surface area contributed by atoms with Gasteiger partial charge >= 0.3 is 0 Å². The van der Waals surface area contributed by atoms with Gasteiger partial charge in [-0.3, -0.25) is 0 Å². The van der Waals surface area contributed by atoms with E-state index in [1.165, 1.54) is 23.8 Å². The number of para-hydroxylation sites is 1. The third-order valence-corrected chi connectivity index (χ3v) is 2.53. The largest absolute Gasteiger partial charge is 0.464 e. The van der Waals surface area contributed by atoms with E-state index in [0.717, 1.165) is 11.5 Å². The Morgan fingerprint density at radius 3 is 2.83 bits per heavy atom. The highest BCUT2D eigenvalue weighted by molar-refractivity contribution is 5.81. The van der Waals surface area contributed by atoms with E-state index in [-0.39, 0.29) is 0 Å². The number of furan rings is 1. The van der Waals surface area contributed by atoms with Gasteiger partial charge in [-0.15, -0.1) is 0 Å². The fourth-order valence-electron chi connectivity index (χ4n) is 1.71. The van der Waals surface area contributed by atoms with Crippen molar-refractivity contribution in [3.05, 3.63) is 36.1 Å². The zero-order valence-electron chi connectivity index (χ0n) is 6.79. The fraction of sp³-hybridized carbons (Fsp3) is 0.273. The number of rotatable bonds is 1. The summed E-state index contributed by atoms with van der Waals surface area (Å²) in [4.78, 5) is 0. The maximum absolute atomic E-state index is 5.45. The second kappa shape index (κ2) is 2.13. The van der Waals surface area contributed by atoms with E-state index in [0.29, 0.717) is 0 Å². The van der Waals surface area contributed by atoms with E-state index < -0.39 is 0 Å². The molecule has 0 N–H and O–H groups in total. The van der Waals surface area contributed by atoms with Crippen molar-refractivity contribution in [3.63, 3.8) is 0 Å². The predicted molar refractivity (Wildman–Crippen MR) is 48.2 cm³/mol. The third-order valence-electron chi connectivity index (χ3n) is 2.53. The van der Waals surface area contributed by atoms with Crippen molar-refractivity contribution in [3.8, 4) is 0 Å². The average Bonchev–Trinajstić information content (AvgIpc) is 2.86. The lowest BCUT2D eigenvalue weighted by Gasteiger charge is -1.90. The molecule has 0 bridgehead atoms. The topological polar surface area (TPSA) is 13.1 Å². The first-order valence-electron chi connectivity index (χ1n) is 4.41. The van der Waals surface area contributed by atoms with Gasteiger partial charge in [0.15, 0.2) is 0 Å². The van der Waals surface area contributed by atoms with E-state index in [9.17, 15) is 0 Å². The molecule has 0 saturated heterocycles. The summed E-state index contributed by atoms with van der Waals surface area (Å²) in [6, 6.07) is 8.26. The predicted octanol–water partition coefficient (Wildman–Crippen LogP) is 3.31. The van der Waals surface area contributed by atoms with Crippen LogP contribution >= 0.6 is 0 Å². The molecule has 0 amide bonds. The Labute approximate surface area is 71.0 Å². The highest BCUT2D eigenvalue weighted by Gasteiger charge is 2.26. The van der Waals surface area contributed by atoms with Crippen molar-refractivity contribution in [2.75, 3.05) is 0 Å². The van der Waals surface area contributed by atoms with Crippen LogP contribution in [-0.4, -0.2) is 0 Å². The Balaban J connectivity index is 2.30. The minimum Gasteiger partial charge on any atom is -0.464 e. The first kappa shape index (κ1) is 6.30. The molecule has 1 aliphatic rings. The molecule has 0 radical (unpaired) electrons. The van der Waals surface area contributed by atoms with Gasteiger partial charge in [0.25, 0.3) is 0 Å². The third kappa shape index (κ3) is 0.795. The van der Waals surface area contributed by atoms with Crippen LogP contribution in [0.25, 0.3) is 11.0 Å². The van der Waals surface area contributed by atoms with Crippen LogP contribution in [0.15, 0.2) is 34.9 Å². The Bertz CT molecular complexity index is 410. The molecule has 1 aromatic carbocycles. The number of fused-ring (bicyclic) bond motifs is 1. The van der Waals surface area contributed by atoms with Gasteiger partial charge in [0.2, 0.25) is 0 Å². The van der Waals surface area contributed by atoms with Crippen LogP contribution in [0.1, 0.15) is 24.3 Å². The first-order valence-corrected chi connectivity index (χ1v) is 4.41. The molecule has 0 unspecified atom stereocenters. The molecule has 3 rings (SSSR count). The Hall–Kier alpha value is -1.24. The van der Waals surface area contributed by atoms with Crippen molar-refractivity contribution in [2.45, 2.75) is 18.8 Å². The first-order chi connectivity index (χ1) is 5.95. The van der Waals surface area contributed by atoms with Crippen LogP contribution in [0.2, 0.25) is 0 Å². The van der Waals surface area contributed by atoms with Crippen LogP contribution < -0.4 is 0 Å². The van der Waals surface area contributed by atoms with Crippen LogP contribution in [-0.2, 0) is 0 Å². The maximum Gasteiger partial charge on any atom is 0.134 e. The standard InChI is InChI=1S/C11H10O/c1-2-4-11-9(3-1)10(7-12-11)8-5-6-8/h1-4,7-8H,5-6H2. The molecule has 12 heavy (non-hydrogen) atoms. The van der Waals surface area contributed by atoms with Crippen LogP contribution in [0, 0.1) is 0 Å². The van der Waals surface area contributed by atoms with E-state index in [4.69, 9.17) is 4.42 Å². The molecule has 1 nitrogen and oxygen atoms in total. The fourth-order valence-corrected chi connectivity index (χ4v) is 1.71. The summed E-state index contributed by atoms with van der Waals surface area (Å²) in [7, 11) is 0. The molecule has 0 spiro atoms. The summed E-state index contributed by atoms with van der Waals surface area (Å²) < 4.78 is 5.45. The van der Waals surface area contributed by atoms with E-state index in [1.54, 1.807) is 0 Å². The maximum atomic E-state index is 5.45. The molecule has 1 saturated carbocycles. The summed E-state index contributed by atoms with van der Waals surface area (Å²) in [5.74, 6) is 0.786. The highest BCUT2D eigenvalue weighted by atomic mass is 16.3. The van der Waals surface area contributed by atoms with Crippen molar-refractivity contribution in [1.82, 2.24) is 0 Å². The lowest BCUT2D eigenvalue weighted by Crippen LogP contribution is -1.72. The number of hydrogen-bond acceptors (Lipinski definition) is 1. The van der Waals surface area contributed by atoms with Crippen LogP contribution in [0.5, 0.6) is 0 Å². The van der Waals surface area contributed by atoms with Crippen molar-refractivity contribution in [1.29, 1.82) is 0 Å². The van der Waals surface area contributed by atoms with Gasteiger partial charge in [-0.05, 0) is 24.8 Å². The molecule has 1 heteroatoms. The summed E-state index contributed by atoms with van der Waals surface area (Å²) in [5.41, 5.74) is 2.44. The molecule has 1 heterocycles. The summed E-state index contributed by atoms with van der Waals surface area (Å²) in [6.45, 7) is 0. The molecule has 60 valence electrons. The summed E-state index contributed by atoms with van der Waals surface area (Å²) in [5, 5.41) is 1.31. The molecule has 0 atom stereocenters. The lowest BCUT2D eigenvalue weighted by atomic mass is 10.1. The van der Waals surface area contributed by atoms with Crippen LogP contribution in [0.4, 0.5) is 0 Å². The molecule has 1 aliphatic carbocycles. The Morgan fingerprint density at radius 1 is 1.17 bits per heavy atom. The van der Waals surface area contributed by atoms with Gasteiger partial charge < -0.3 is 4.42 Å². The van der Waals surface area contributed by atoms with E-state index in [1.807, 2.05) is 18.4 Å². The molecular weight excluding hydrogens is 148 g/mol. The van der Waals surface area contributed by atoms with Gasteiger partial charge in [0.1, 0.15) is 5.58 Å². The van der Waals surface area contributed by atoms with Gasteiger partial charge in [-0.25, -0.2) is 0 Å². The van der Waals surface area contributed by atoms with Gasteiger partial charge in [0, 0.05) is 10.9 Å². The highest BCUT2D eigenvalue weighted by Crippen LogP contribution is 2.43. The molecule has 1 aromatic heterocycles. The second-order valence-corrected chi connectivity index (χ2v) is 3.46. The lowest BCUT2D eigenvalue weighted by molar-refractivity contribution is 0.610. The normalized spacial score (nSPS) is 17.0. The van der Waals surface area contributed by atoms with Gasteiger partial charge in [-0.1, -0.05) is 18.2 Å². The van der Waals surface area contributed by atoms with E-state index in [2.05, 4.69) is 12.1 Å². The smallest absolute Gasteiger partial charge is 0.134 e. The van der Waals surface area contributed by atoms with Gasteiger partial charge in [-0.2, -0.15) is 0 Å². The molecule has 2 aromatic rings. The van der Waals surface area contributed by atoms with E-state index >= 15 is 0 Å². The molecule has 1 fully saturated rings. The van der Waals surface area contributed by atoms with Crippen molar-refractivity contribution < 1.29 is 4.42 Å². The number of benzene rings is 1. The van der Waals surface area contributed by atoms with Crippen LogP contribution in [0.3, 0.4) is 0 Å². The number of hydrogen-bond donors (Lipinski definition) is 0. The summed E-state index contributed by atoms with van der Waals surface area (Å²) in [6.07, 6.45) is 4.59. The quantitative estimate of drug-likeness (QED) is 0.620. The Morgan fingerprint density at radius 2 is 2.00 bits per heavy atom. The zero-order valence-corrected chi connectivity index (χ0v) is 6.79. The summed E-state index contributed by atoms with van der Waals surface area (Å²) >= 11 is 0. The second-order valence-electron chi connectivity index (χ2n) is 3.46. The average molecular weight is 158 g/mol. The minimum atomic E-state index is 0.786. The monoisotopic (exact) mass is 158 g/mol. The SMILES string of the molecule is c1ccc2c(C3CC3)coc2c1.